The summed E-state index contributed by atoms with van der Waals surface area (Å²) in [5, 5.41) is 19.1. The number of benzene rings is 3. The molecule has 3 rings (SSSR count). The second kappa shape index (κ2) is 8.79. The molecule has 3 aromatic carbocycles. The molecule has 0 fully saturated rings. The van der Waals surface area contributed by atoms with E-state index in [1.807, 2.05) is 48.5 Å². The molecule has 0 aliphatic heterocycles. The van der Waals surface area contributed by atoms with Gasteiger partial charge in [0.05, 0.1) is 11.1 Å². The van der Waals surface area contributed by atoms with Gasteiger partial charge in [-0.15, -0.1) is 0 Å². The number of hydrogen-bond donors (Lipinski definition) is 0. The number of nitrogens with zero attached hydrogens (tertiary/aromatic N) is 2. The maximum absolute atomic E-state index is 9.56. The van der Waals surface area contributed by atoms with Gasteiger partial charge in [-0.2, -0.15) is 10.5 Å². The lowest BCUT2D eigenvalue weighted by atomic mass is 10.1. The first kappa shape index (κ1) is 19.1. The first-order valence-electron chi connectivity index (χ1n) is 7.44. The van der Waals surface area contributed by atoms with Crippen LogP contribution in [0.2, 0.25) is 0 Å². The highest BCUT2D eigenvalue weighted by molar-refractivity contribution is 9.10. The van der Waals surface area contributed by atoms with Crippen LogP contribution in [-0.2, 0) is 0 Å². The minimum absolute atomic E-state index is 0.566. The van der Waals surface area contributed by atoms with Crippen LogP contribution in [0.3, 0.4) is 0 Å². The number of hydrogen-bond acceptors (Lipinski definition) is 4. The highest BCUT2D eigenvalue weighted by atomic mass is 79.9. The van der Waals surface area contributed by atoms with E-state index in [2.05, 4.69) is 44.0 Å². The summed E-state index contributed by atoms with van der Waals surface area (Å²) in [5.74, 6) is 0. The molecule has 0 amide bonds. The third kappa shape index (κ3) is 4.72. The van der Waals surface area contributed by atoms with Gasteiger partial charge in [-0.1, -0.05) is 55.4 Å². The van der Waals surface area contributed by atoms with E-state index in [1.54, 1.807) is 12.1 Å². The third-order valence-electron chi connectivity index (χ3n) is 3.41. The molecule has 0 unspecified atom stereocenters. The van der Waals surface area contributed by atoms with Crippen LogP contribution >= 0.6 is 55.4 Å². The molecule has 0 bridgehead atoms. The quantitative estimate of drug-likeness (QED) is 0.377. The second-order valence-electron chi connectivity index (χ2n) is 5.18. The topological polar surface area (TPSA) is 47.6 Å². The van der Waals surface area contributed by atoms with E-state index in [9.17, 15) is 10.5 Å². The van der Waals surface area contributed by atoms with Gasteiger partial charge in [-0.05, 0) is 60.7 Å². The fraction of sp³-hybridized carbons (Fsp3) is 0. The van der Waals surface area contributed by atoms with E-state index in [0.29, 0.717) is 11.1 Å². The van der Waals surface area contributed by atoms with Gasteiger partial charge in [0.2, 0.25) is 0 Å². The Kier molecular flexibility index (Phi) is 6.45. The van der Waals surface area contributed by atoms with Crippen LogP contribution in [0.5, 0.6) is 0 Å². The summed E-state index contributed by atoms with van der Waals surface area (Å²) in [4.78, 5) is 3.60. The summed E-state index contributed by atoms with van der Waals surface area (Å²) in [5.41, 5.74) is 1.13. The smallest absolute Gasteiger partial charge is 0.100 e. The molecule has 0 saturated heterocycles. The van der Waals surface area contributed by atoms with Crippen molar-refractivity contribution in [3.63, 3.8) is 0 Å². The van der Waals surface area contributed by atoms with Gasteiger partial charge in [0.15, 0.2) is 0 Å². The van der Waals surface area contributed by atoms with Gasteiger partial charge < -0.3 is 0 Å². The summed E-state index contributed by atoms with van der Waals surface area (Å²) >= 11 is 9.80. The maximum Gasteiger partial charge on any atom is 0.100 e. The van der Waals surface area contributed by atoms with Crippen LogP contribution in [0.15, 0.2) is 89.2 Å². The van der Waals surface area contributed by atoms with Crippen molar-refractivity contribution < 1.29 is 0 Å². The summed E-state index contributed by atoms with van der Waals surface area (Å²) in [6, 6.07) is 23.8. The molecular formula is C20H10Br2N2S2. The van der Waals surface area contributed by atoms with E-state index < -0.39 is 0 Å². The molecule has 0 N–H and O–H groups in total. The molecule has 0 saturated carbocycles. The zero-order chi connectivity index (χ0) is 18.5. The number of halogens is 2. The molecule has 26 heavy (non-hydrogen) atoms. The second-order valence-corrected chi connectivity index (χ2v) is 9.24. The van der Waals surface area contributed by atoms with Gasteiger partial charge in [-0.3, -0.25) is 0 Å². The predicted molar refractivity (Wildman–Crippen MR) is 112 cm³/mol. The zero-order valence-corrected chi connectivity index (χ0v) is 18.0. The first-order chi connectivity index (χ1) is 12.6. The standard InChI is InChI=1S/C20H10Br2N2S2/c21-15-1-5-17(6-2-15)25-19-9-14(12-24)20(10-13(19)11-23)26-18-7-3-16(22)4-8-18/h1-10H. The van der Waals surface area contributed by atoms with Crippen molar-refractivity contribution in [1.82, 2.24) is 0 Å². The number of rotatable bonds is 4. The third-order valence-corrected chi connectivity index (χ3v) is 6.59. The van der Waals surface area contributed by atoms with Crippen LogP contribution in [0, 0.1) is 22.7 Å². The molecule has 0 atom stereocenters. The van der Waals surface area contributed by atoms with E-state index >= 15 is 0 Å². The van der Waals surface area contributed by atoms with Crippen molar-refractivity contribution in [2.45, 2.75) is 19.6 Å². The van der Waals surface area contributed by atoms with E-state index in [4.69, 9.17) is 0 Å². The lowest BCUT2D eigenvalue weighted by Gasteiger charge is -2.09. The highest BCUT2D eigenvalue weighted by Crippen LogP contribution is 2.37. The Bertz CT molecular complexity index is 933. The average Bonchev–Trinajstić information content (AvgIpc) is 2.66. The normalized spacial score (nSPS) is 10.2. The monoisotopic (exact) mass is 500 g/mol. The fourth-order valence-corrected chi connectivity index (χ4v) is 4.53. The highest BCUT2D eigenvalue weighted by Gasteiger charge is 2.12. The van der Waals surface area contributed by atoms with Crippen LogP contribution in [-0.4, -0.2) is 0 Å². The molecule has 0 radical (unpaired) electrons. The number of nitriles is 2. The summed E-state index contributed by atoms with van der Waals surface area (Å²) in [6.45, 7) is 0. The predicted octanol–water partition coefficient (Wildman–Crippen LogP) is 7.26. The average molecular weight is 502 g/mol. The maximum atomic E-state index is 9.56. The van der Waals surface area contributed by atoms with Gasteiger partial charge in [0.25, 0.3) is 0 Å². The van der Waals surface area contributed by atoms with Crippen LogP contribution in [0.25, 0.3) is 0 Å². The lowest BCUT2D eigenvalue weighted by molar-refractivity contribution is 1.25. The SMILES string of the molecule is N#Cc1cc(Sc2ccc(Br)cc2)c(C#N)cc1Sc1ccc(Br)cc1. The molecule has 0 aliphatic carbocycles. The van der Waals surface area contributed by atoms with Crippen LogP contribution in [0.1, 0.15) is 11.1 Å². The van der Waals surface area contributed by atoms with Gasteiger partial charge >= 0.3 is 0 Å². The Morgan fingerprint density at radius 1 is 0.615 bits per heavy atom. The van der Waals surface area contributed by atoms with E-state index in [1.165, 1.54) is 23.5 Å². The Morgan fingerprint density at radius 2 is 0.962 bits per heavy atom. The van der Waals surface area contributed by atoms with Crippen molar-refractivity contribution in [3.8, 4) is 12.1 Å². The van der Waals surface area contributed by atoms with Crippen LogP contribution in [0.4, 0.5) is 0 Å². The largest absolute Gasteiger partial charge is 0.192 e. The molecule has 126 valence electrons. The first-order valence-corrected chi connectivity index (χ1v) is 10.7. The molecule has 0 aliphatic rings. The molecule has 3 aromatic rings. The van der Waals surface area contributed by atoms with Gasteiger partial charge in [0, 0.05) is 28.5 Å². The zero-order valence-electron chi connectivity index (χ0n) is 13.2. The Morgan fingerprint density at radius 3 is 1.27 bits per heavy atom. The lowest BCUT2D eigenvalue weighted by Crippen LogP contribution is -1.89. The van der Waals surface area contributed by atoms with Gasteiger partial charge in [-0.25, -0.2) is 0 Å². The summed E-state index contributed by atoms with van der Waals surface area (Å²) < 4.78 is 2.00. The van der Waals surface area contributed by atoms with Crippen LogP contribution < -0.4 is 0 Å². The van der Waals surface area contributed by atoms with Crippen molar-refractivity contribution in [2.75, 3.05) is 0 Å². The minimum Gasteiger partial charge on any atom is -0.192 e. The van der Waals surface area contributed by atoms with Crippen molar-refractivity contribution in [2.24, 2.45) is 0 Å². The Labute approximate surface area is 177 Å². The fourth-order valence-electron chi connectivity index (χ4n) is 2.16. The minimum atomic E-state index is 0.566. The Hall–Kier alpha value is -1.70. The van der Waals surface area contributed by atoms with Crippen molar-refractivity contribution >= 4 is 55.4 Å². The van der Waals surface area contributed by atoms with Crippen molar-refractivity contribution in [3.05, 3.63) is 80.7 Å². The molecule has 2 nitrogen and oxygen atoms in total. The van der Waals surface area contributed by atoms with Gasteiger partial charge in [0.1, 0.15) is 12.1 Å². The van der Waals surface area contributed by atoms with E-state index in [-0.39, 0.29) is 0 Å². The molecule has 6 heteroatoms. The van der Waals surface area contributed by atoms with E-state index in [0.717, 1.165) is 28.5 Å². The molecular weight excluding hydrogens is 492 g/mol. The molecule has 0 aromatic heterocycles. The summed E-state index contributed by atoms with van der Waals surface area (Å²) in [6.07, 6.45) is 0. The molecule has 0 heterocycles. The Balaban J connectivity index is 1.95. The molecule has 0 spiro atoms. The van der Waals surface area contributed by atoms with Crippen molar-refractivity contribution in [1.29, 1.82) is 10.5 Å². The summed E-state index contributed by atoms with van der Waals surface area (Å²) in [7, 11) is 0.